The number of thioether (sulfide) groups is 1. The van der Waals surface area contributed by atoms with E-state index in [1.54, 1.807) is 48.5 Å². The molecule has 4 saturated heterocycles. The summed E-state index contributed by atoms with van der Waals surface area (Å²) in [4.78, 5) is 117. The Morgan fingerprint density at radius 2 is 1.39 bits per heavy atom. The Hall–Kier alpha value is -6.34. The molecule has 4 aliphatic heterocycles. The Kier molecular flexibility index (Phi) is 15.8. The summed E-state index contributed by atoms with van der Waals surface area (Å²) in [7, 11) is 2.01. The van der Waals surface area contributed by atoms with E-state index in [-0.39, 0.29) is 12.0 Å². The van der Waals surface area contributed by atoms with Crippen LogP contribution in [0.25, 0.3) is 0 Å². The van der Waals surface area contributed by atoms with Crippen molar-refractivity contribution >= 4 is 65.7 Å². The van der Waals surface area contributed by atoms with Gasteiger partial charge in [0.15, 0.2) is 12.2 Å². The summed E-state index contributed by atoms with van der Waals surface area (Å²) in [5.74, 6) is -10.0. The van der Waals surface area contributed by atoms with Crippen molar-refractivity contribution in [1.82, 2.24) is 10.2 Å². The summed E-state index contributed by atoms with van der Waals surface area (Å²) >= 11 is 0.879. The van der Waals surface area contributed by atoms with E-state index in [0.29, 0.717) is 9.80 Å². The second-order valence-corrected chi connectivity index (χ2v) is 16.9. The first-order chi connectivity index (χ1) is 31.8. The largest absolute Gasteiger partial charge is 0.466 e. The van der Waals surface area contributed by atoms with Crippen molar-refractivity contribution in [1.29, 1.82) is 0 Å². The summed E-state index contributed by atoms with van der Waals surface area (Å²) < 4.78 is 62.7. The van der Waals surface area contributed by atoms with Crippen molar-refractivity contribution in [2.24, 2.45) is 0 Å². The van der Waals surface area contributed by atoms with Crippen LogP contribution in [0.15, 0.2) is 65.6 Å². The monoisotopic (exact) mass is 960 g/mol. The molecular formula is C43H48N2O21S. The Morgan fingerprint density at radius 3 is 1.99 bits per heavy atom. The van der Waals surface area contributed by atoms with Gasteiger partial charge in [-0.25, -0.2) is 28.9 Å². The fraction of sp³-hybridized carbons (Fsp3) is 0.512. The van der Waals surface area contributed by atoms with Crippen molar-refractivity contribution in [2.45, 2.75) is 117 Å². The van der Waals surface area contributed by atoms with E-state index in [0.717, 1.165) is 53.7 Å². The topological polar surface area (TPSA) is 291 Å². The standard InChI is InChI=1S/C43H48N2O21S/c1-21(46)45-32-28(63-41(45)55)17-42(38(52)56-5,65-36(32)34(61-24(4)49)30(60-23(3)48)20-58-22(2)47)64-29(19-59-37(51)25-13-9-7-10-14-25)33(50)35-31-27(62-40(54)44-31)18-43(66-35,39(53)57-6)67-26-15-11-8-12-16-26/h7-16,27-36,50H,17-20H2,1-6H3,(H,44,54)/t27-,28-,29?,30-,31+,32+,33?,34-,35+,36+,42+,43+/m0/s1. The van der Waals surface area contributed by atoms with Crippen LogP contribution in [0, 0.1) is 0 Å². The molecule has 0 spiro atoms. The van der Waals surface area contributed by atoms with Gasteiger partial charge in [0.25, 0.3) is 5.79 Å². The lowest BCUT2D eigenvalue weighted by molar-refractivity contribution is -0.335. The number of carbonyl (C=O) groups excluding carboxylic acids is 9. The summed E-state index contributed by atoms with van der Waals surface area (Å²) in [6, 6.07) is 13.2. The first-order valence-corrected chi connectivity index (χ1v) is 21.4. The first kappa shape index (κ1) is 50.1. The van der Waals surface area contributed by atoms with Gasteiger partial charge in [0, 0.05) is 39.0 Å². The number of aliphatic hydroxyl groups is 1. The van der Waals surface area contributed by atoms with Crippen molar-refractivity contribution in [3.05, 3.63) is 66.2 Å². The number of fused-ring (bicyclic) bond motifs is 2. The third kappa shape index (κ3) is 11.1. The summed E-state index contributed by atoms with van der Waals surface area (Å²) in [6.45, 7) is 2.22. The average Bonchev–Trinajstić information content (AvgIpc) is 3.84. The predicted molar refractivity (Wildman–Crippen MR) is 220 cm³/mol. The highest BCUT2D eigenvalue weighted by Gasteiger charge is 2.66. The van der Waals surface area contributed by atoms with Crippen molar-refractivity contribution in [3.8, 4) is 0 Å². The Labute approximate surface area is 386 Å². The molecule has 12 atom stereocenters. The Bertz CT molecular complexity index is 2220. The van der Waals surface area contributed by atoms with E-state index in [1.807, 2.05) is 0 Å². The minimum Gasteiger partial charge on any atom is -0.466 e. The molecule has 2 aromatic carbocycles. The number of nitrogens with one attached hydrogen (secondary N) is 1. The number of hydrogen-bond donors (Lipinski definition) is 2. The molecule has 23 nitrogen and oxygen atoms in total. The fourth-order valence-corrected chi connectivity index (χ4v) is 9.45. The quantitative estimate of drug-likeness (QED) is 0.167. The van der Waals surface area contributed by atoms with Gasteiger partial charge in [0.2, 0.25) is 10.8 Å². The molecule has 3 amide bonds. The maximum absolute atomic E-state index is 14.4. The van der Waals surface area contributed by atoms with E-state index in [4.69, 9.17) is 52.1 Å². The second-order valence-electron chi connectivity index (χ2n) is 15.5. The molecule has 2 aromatic rings. The van der Waals surface area contributed by atoms with Gasteiger partial charge in [-0.05, 0) is 24.3 Å². The number of rotatable bonds is 17. The SMILES string of the molecule is COC(=O)[C@@]1(OC(COC(=O)c2ccccc2)C(O)[C@@H]2O[C@](Sc3ccccc3)(C(=O)OC)C[C@@H]3OC(=O)N[C@H]32)C[C@@H]2OC(=O)N(C(C)=O)[C@H]2[C@H]([C@@H](OC(C)=O)[C@H](COC(C)=O)OC(C)=O)O1. The summed E-state index contributed by atoms with van der Waals surface area (Å²) in [5.41, 5.74) is 0.0420. The van der Waals surface area contributed by atoms with Crippen LogP contribution < -0.4 is 5.32 Å². The maximum atomic E-state index is 14.4. The van der Waals surface area contributed by atoms with Crippen LogP contribution in [0.1, 0.15) is 50.9 Å². The van der Waals surface area contributed by atoms with Crippen LogP contribution in [-0.2, 0) is 80.9 Å². The number of methoxy groups -OCH3 is 2. The maximum Gasteiger partial charge on any atom is 0.417 e. The molecule has 0 aliphatic carbocycles. The molecule has 0 aromatic heterocycles. The van der Waals surface area contributed by atoms with Gasteiger partial charge in [0.05, 0.1) is 32.2 Å². The molecule has 0 saturated carbocycles. The Morgan fingerprint density at radius 1 is 0.761 bits per heavy atom. The van der Waals surface area contributed by atoms with Crippen molar-refractivity contribution in [2.75, 3.05) is 27.4 Å². The molecule has 2 unspecified atom stereocenters. The minimum atomic E-state index is -2.92. The number of aliphatic hydroxyl groups excluding tert-OH is 1. The molecular weight excluding hydrogens is 913 g/mol. The first-order valence-electron chi connectivity index (χ1n) is 20.6. The molecule has 4 heterocycles. The van der Waals surface area contributed by atoms with Crippen LogP contribution in [-0.4, -0.2) is 163 Å². The zero-order chi connectivity index (χ0) is 48.8. The van der Waals surface area contributed by atoms with E-state index in [2.05, 4.69) is 5.32 Å². The summed E-state index contributed by atoms with van der Waals surface area (Å²) in [6.07, 6.45) is -17.7. The van der Waals surface area contributed by atoms with Crippen LogP contribution >= 0.6 is 11.8 Å². The van der Waals surface area contributed by atoms with Crippen molar-refractivity contribution < 1.29 is 100 Å². The van der Waals surface area contributed by atoms with Gasteiger partial charge in [-0.1, -0.05) is 48.2 Å². The molecule has 0 radical (unpaired) electrons. The Balaban J connectivity index is 1.49. The number of hydrogen-bond acceptors (Lipinski definition) is 22. The number of ether oxygens (including phenoxy) is 11. The lowest BCUT2D eigenvalue weighted by atomic mass is 9.87. The van der Waals surface area contributed by atoms with Crippen molar-refractivity contribution in [3.63, 3.8) is 0 Å². The normalized spacial score (nSPS) is 28.0. The number of esters is 6. The highest BCUT2D eigenvalue weighted by Crippen LogP contribution is 2.48. The molecule has 6 rings (SSSR count). The van der Waals surface area contributed by atoms with Gasteiger partial charge in [-0.3, -0.25) is 19.2 Å². The highest BCUT2D eigenvalue weighted by molar-refractivity contribution is 8.01. The van der Waals surface area contributed by atoms with E-state index in [1.165, 1.54) is 12.1 Å². The van der Waals surface area contributed by atoms with E-state index < -0.39 is 145 Å². The fourth-order valence-electron chi connectivity index (χ4n) is 8.20. The average molecular weight is 961 g/mol. The number of benzene rings is 2. The third-order valence-electron chi connectivity index (χ3n) is 10.9. The minimum absolute atomic E-state index is 0.0420. The van der Waals surface area contributed by atoms with Crippen LogP contribution in [0.5, 0.6) is 0 Å². The van der Waals surface area contributed by atoms with Gasteiger partial charge in [0.1, 0.15) is 55.9 Å². The number of imide groups is 1. The predicted octanol–water partition coefficient (Wildman–Crippen LogP) is 1.34. The van der Waals surface area contributed by atoms with Gasteiger partial charge in [-0.2, -0.15) is 0 Å². The number of amides is 3. The van der Waals surface area contributed by atoms with E-state index >= 15 is 0 Å². The van der Waals surface area contributed by atoms with Gasteiger partial charge >= 0.3 is 48.0 Å². The molecule has 2 N–H and O–H groups in total. The summed E-state index contributed by atoms with van der Waals surface area (Å²) in [5, 5.41) is 15.2. The number of carbonyl (C=O) groups is 9. The van der Waals surface area contributed by atoms with Crippen LogP contribution in [0.2, 0.25) is 0 Å². The smallest absolute Gasteiger partial charge is 0.417 e. The third-order valence-corrected chi connectivity index (χ3v) is 12.2. The molecule has 24 heteroatoms. The van der Waals surface area contributed by atoms with Crippen LogP contribution in [0.4, 0.5) is 9.59 Å². The van der Waals surface area contributed by atoms with Gasteiger partial charge in [-0.15, -0.1) is 0 Å². The number of nitrogens with zero attached hydrogens (tertiary/aromatic N) is 1. The lowest BCUT2D eigenvalue weighted by Crippen LogP contribution is -2.69. The molecule has 67 heavy (non-hydrogen) atoms. The van der Waals surface area contributed by atoms with E-state index in [9.17, 15) is 48.3 Å². The zero-order valence-electron chi connectivity index (χ0n) is 36.8. The molecule has 0 bridgehead atoms. The number of alkyl carbamates (subject to hydrolysis) is 1. The zero-order valence-corrected chi connectivity index (χ0v) is 37.7. The van der Waals surface area contributed by atoms with Gasteiger partial charge < -0.3 is 62.5 Å². The molecule has 4 fully saturated rings. The molecule has 362 valence electrons. The van der Waals surface area contributed by atoms with Crippen LogP contribution in [0.3, 0.4) is 0 Å². The highest BCUT2D eigenvalue weighted by atomic mass is 32.2. The molecule has 4 aliphatic rings. The second kappa shape index (κ2) is 21.1. The lowest BCUT2D eigenvalue weighted by Gasteiger charge is -2.49.